The van der Waals surface area contributed by atoms with Gasteiger partial charge in [-0.25, -0.2) is 4.79 Å². The molecule has 0 bridgehead atoms. The van der Waals surface area contributed by atoms with Gasteiger partial charge in [0.15, 0.2) is 5.79 Å². The third-order valence-electron chi connectivity index (χ3n) is 6.63. The molecule has 150 valence electrons. The lowest BCUT2D eigenvalue weighted by molar-refractivity contribution is -0.208. The van der Waals surface area contributed by atoms with Gasteiger partial charge < -0.3 is 19.3 Å². The highest BCUT2D eigenvalue weighted by Gasteiger charge is 2.68. The van der Waals surface area contributed by atoms with Gasteiger partial charge in [-0.05, 0) is 12.5 Å². The average Bonchev–Trinajstić information content (AvgIpc) is 3.24. The minimum absolute atomic E-state index is 0.268. The van der Waals surface area contributed by atoms with Crippen LogP contribution < -0.4 is 4.90 Å². The van der Waals surface area contributed by atoms with Crippen molar-refractivity contribution >= 4 is 11.8 Å². The Balaban J connectivity index is 1.91. The monoisotopic (exact) mass is 385 g/mol. The lowest BCUT2D eigenvalue weighted by Crippen LogP contribution is -2.67. The zero-order valence-corrected chi connectivity index (χ0v) is 16.2. The number of carbonyl (C=O) groups is 1. The number of ether oxygens (including phenoxy) is 3. The highest BCUT2D eigenvalue weighted by atomic mass is 16.7. The van der Waals surface area contributed by atoms with Crippen LogP contribution >= 0.6 is 0 Å². The zero-order valence-electron chi connectivity index (χ0n) is 16.2. The van der Waals surface area contributed by atoms with Crippen molar-refractivity contribution in [3.8, 4) is 0 Å². The van der Waals surface area contributed by atoms with Crippen LogP contribution in [0.3, 0.4) is 0 Å². The van der Waals surface area contributed by atoms with Gasteiger partial charge in [0.05, 0.1) is 31.5 Å². The number of hydrogen-bond donors (Lipinski definition) is 1. The number of para-hydroxylation sites is 1. The van der Waals surface area contributed by atoms with Crippen molar-refractivity contribution in [3.05, 3.63) is 55.1 Å². The van der Waals surface area contributed by atoms with Crippen molar-refractivity contribution < 1.29 is 24.1 Å². The lowest BCUT2D eigenvalue weighted by Gasteiger charge is -2.55. The molecule has 3 unspecified atom stereocenters. The van der Waals surface area contributed by atoms with Gasteiger partial charge in [0.25, 0.3) is 0 Å². The van der Waals surface area contributed by atoms with Crippen molar-refractivity contribution in [2.24, 2.45) is 5.92 Å². The van der Waals surface area contributed by atoms with Gasteiger partial charge in [-0.2, -0.15) is 0 Å². The number of nitrogens with zero attached hydrogens (tertiary/aromatic N) is 1. The van der Waals surface area contributed by atoms with Gasteiger partial charge in [-0.1, -0.05) is 30.4 Å². The Morgan fingerprint density at radius 2 is 2.04 bits per heavy atom. The van der Waals surface area contributed by atoms with Crippen molar-refractivity contribution in [1.82, 2.24) is 0 Å². The van der Waals surface area contributed by atoms with Crippen LogP contribution in [0.1, 0.15) is 31.2 Å². The first kappa shape index (κ1) is 19.2. The molecule has 4 rings (SSSR count). The second-order valence-electron chi connectivity index (χ2n) is 7.75. The Morgan fingerprint density at radius 3 is 2.68 bits per heavy atom. The molecule has 1 aromatic carbocycles. The molecule has 3 atom stereocenters. The summed E-state index contributed by atoms with van der Waals surface area (Å²) in [6, 6.07) is 7.45. The summed E-state index contributed by atoms with van der Waals surface area (Å²) in [7, 11) is 1.36. The van der Waals surface area contributed by atoms with Crippen molar-refractivity contribution in [1.29, 1.82) is 0 Å². The molecular weight excluding hydrogens is 358 g/mol. The smallest absolute Gasteiger partial charge is 0.414 e. The van der Waals surface area contributed by atoms with Crippen molar-refractivity contribution in [2.45, 2.75) is 42.6 Å². The standard InChI is InChI=1S/C22H27NO5/c1-4-10-22(25)17-8-6-7-9-18(17)23(19(24)26-3)21(22)12-11-20(15-16(21)5-2)27-13-14-28-20/h4-9,16,25H,1-2,10-15H2,3H3. The molecule has 2 fully saturated rings. The molecule has 28 heavy (non-hydrogen) atoms. The first-order valence-corrected chi connectivity index (χ1v) is 9.69. The molecule has 3 aliphatic rings. The number of fused-ring (bicyclic) bond motifs is 1. The molecule has 6 heteroatoms. The first-order chi connectivity index (χ1) is 13.5. The van der Waals surface area contributed by atoms with Crippen LogP contribution in [0.15, 0.2) is 49.6 Å². The molecule has 0 radical (unpaired) electrons. The fourth-order valence-electron chi connectivity index (χ4n) is 5.50. The minimum atomic E-state index is -1.32. The van der Waals surface area contributed by atoms with Crippen LogP contribution in [0.25, 0.3) is 0 Å². The van der Waals surface area contributed by atoms with E-state index in [9.17, 15) is 9.90 Å². The van der Waals surface area contributed by atoms with E-state index in [1.807, 2.05) is 30.3 Å². The number of methoxy groups -OCH3 is 1. The molecule has 1 saturated heterocycles. The maximum atomic E-state index is 13.0. The second-order valence-corrected chi connectivity index (χ2v) is 7.75. The maximum Gasteiger partial charge on any atom is 0.414 e. The van der Waals surface area contributed by atoms with E-state index < -0.39 is 23.0 Å². The predicted octanol–water partition coefficient (Wildman–Crippen LogP) is 3.50. The summed E-state index contributed by atoms with van der Waals surface area (Å²) in [6.45, 7) is 9.00. The largest absolute Gasteiger partial charge is 0.452 e. The molecule has 1 N–H and O–H groups in total. The summed E-state index contributed by atoms with van der Waals surface area (Å²) in [5.41, 5.74) is -0.912. The second kappa shape index (κ2) is 6.72. The number of anilines is 1. The van der Waals surface area contributed by atoms with Crippen molar-refractivity contribution in [3.63, 3.8) is 0 Å². The number of carbonyl (C=O) groups excluding carboxylic acids is 1. The van der Waals surface area contributed by atoms with E-state index in [0.717, 1.165) is 0 Å². The molecule has 1 saturated carbocycles. The Morgan fingerprint density at radius 1 is 1.32 bits per heavy atom. The van der Waals surface area contributed by atoms with Crippen LogP contribution in [0.4, 0.5) is 10.5 Å². The normalized spacial score (nSPS) is 33.1. The number of rotatable bonds is 3. The molecule has 6 nitrogen and oxygen atoms in total. The van der Waals surface area contributed by atoms with E-state index in [1.54, 1.807) is 11.0 Å². The quantitative estimate of drug-likeness (QED) is 0.807. The molecular formula is C22H27NO5. The molecule has 1 amide bonds. The van der Waals surface area contributed by atoms with Gasteiger partial charge in [0, 0.05) is 30.7 Å². The third kappa shape index (κ3) is 2.35. The average molecular weight is 385 g/mol. The van der Waals surface area contributed by atoms with E-state index in [0.29, 0.717) is 50.1 Å². The first-order valence-electron chi connectivity index (χ1n) is 9.69. The SMILES string of the molecule is C=CCC1(O)c2ccccc2N(C(=O)OC)C12CCC1(CC2C=C)OCCO1. The van der Waals surface area contributed by atoms with E-state index in [2.05, 4.69) is 13.2 Å². The molecule has 0 aromatic heterocycles. The summed E-state index contributed by atoms with van der Waals surface area (Å²) in [5.74, 6) is -0.953. The van der Waals surface area contributed by atoms with Gasteiger partial charge in [0.2, 0.25) is 0 Å². The third-order valence-corrected chi connectivity index (χ3v) is 6.63. The van der Waals surface area contributed by atoms with E-state index in [-0.39, 0.29) is 5.92 Å². The Hall–Kier alpha value is -2.15. The minimum Gasteiger partial charge on any atom is -0.452 e. The predicted molar refractivity (Wildman–Crippen MR) is 105 cm³/mol. The van der Waals surface area contributed by atoms with Gasteiger partial charge in [-0.3, -0.25) is 4.90 Å². The number of hydrogen-bond acceptors (Lipinski definition) is 5. The molecule has 1 aromatic rings. The highest BCUT2D eigenvalue weighted by Crippen LogP contribution is 2.62. The molecule has 1 aliphatic carbocycles. The van der Waals surface area contributed by atoms with Crippen LogP contribution in [0.5, 0.6) is 0 Å². The fourth-order valence-corrected chi connectivity index (χ4v) is 5.50. The summed E-state index contributed by atoms with van der Waals surface area (Å²) < 4.78 is 17.0. The van der Waals surface area contributed by atoms with E-state index in [1.165, 1.54) is 7.11 Å². The molecule has 2 aliphatic heterocycles. The van der Waals surface area contributed by atoms with Crippen LogP contribution in [0.2, 0.25) is 0 Å². The van der Waals surface area contributed by atoms with Gasteiger partial charge in [-0.15, -0.1) is 13.2 Å². The van der Waals surface area contributed by atoms with Gasteiger partial charge >= 0.3 is 6.09 Å². The number of aliphatic hydroxyl groups is 1. The summed E-state index contributed by atoms with van der Waals surface area (Å²) in [5, 5.41) is 12.1. The highest BCUT2D eigenvalue weighted by molar-refractivity contribution is 5.94. The Kier molecular flexibility index (Phi) is 4.61. The fraction of sp³-hybridized carbons (Fsp3) is 0.500. The van der Waals surface area contributed by atoms with E-state index >= 15 is 0 Å². The van der Waals surface area contributed by atoms with Crippen molar-refractivity contribution in [2.75, 3.05) is 25.2 Å². The van der Waals surface area contributed by atoms with Crippen LogP contribution in [0, 0.1) is 5.92 Å². The molecule has 2 heterocycles. The zero-order chi connectivity index (χ0) is 20.0. The maximum absolute atomic E-state index is 13.0. The van der Waals surface area contributed by atoms with Crippen LogP contribution in [-0.2, 0) is 19.8 Å². The Bertz CT molecular complexity index is 802. The summed E-state index contributed by atoms with van der Waals surface area (Å²) in [4.78, 5) is 14.6. The van der Waals surface area contributed by atoms with Crippen LogP contribution in [-0.4, -0.2) is 42.8 Å². The van der Waals surface area contributed by atoms with Gasteiger partial charge in [0.1, 0.15) is 5.60 Å². The Labute approximate surface area is 165 Å². The number of benzene rings is 1. The topological polar surface area (TPSA) is 68.2 Å². The molecule has 2 spiro atoms. The number of amides is 1. The van der Waals surface area contributed by atoms with E-state index in [4.69, 9.17) is 14.2 Å². The lowest BCUT2D eigenvalue weighted by atomic mass is 9.60. The summed E-state index contributed by atoms with van der Waals surface area (Å²) >= 11 is 0. The summed E-state index contributed by atoms with van der Waals surface area (Å²) in [6.07, 6.45) is 4.88.